The van der Waals surface area contributed by atoms with Crippen LogP contribution >= 0.6 is 0 Å². The number of amides is 1. The molecule has 7 heteroatoms. The van der Waals surface area contributed by atoms with Gasteiger partial charge in [-0.15, -0.1) is 0 Å². The number of benzene rings is 1. The number of hydrogen-bond acceptors (Lipinski definition) is 4. The first-order valence-electron chi connectivity index (χ1n) is 11.8. The van der Waals surface area contributed by atoms with Gasteiger partial charge in [-0.25, -0.2) is 4.99 Å². The fourth-order valence-corrected chi connectivity index (χ4v) is 4.45. The molecule has 0 saturated carbocycles. The number of carbonyl (C=O) groups excluding carboxylic acids is 1. The highest BCUT2D eigenvalue weighted by Crippen LogP contribution is 2.24. The Balaban J connectivity index is 1.67. The van der Waals surface area contributed by atoms with Crippen LogP contribution in [0.4, 0.5) is 5.69 Å². The summed E-state index contributed by atoms with van der Waals surface area (Å²) in [5.41, 5.74) is 2.52. The molecule has 3 rings (SSSR count). The Morgan fingerprint density at radius 1 is 1.23 bits per heavy atom. The van der Waals surface area contributed by atoms with E-state index in [4.69, 9.17) is 0 Å². The third kappa shape index (κ3) is 6.60. The SMILES string of the molecule is CCN1CCCC1CNC(=NCC(=O)N(C)C)NC(C)c1cccc(N2CCCC2)c1. The average molecular weight is 429 g/mol. The lowest BCUT2D eigenvalue weighted by atomic mass is 10.1. The van der Waals surface area contributed by atoms with Gasteiger partial charge < -0.3 is 20.4 Å². The maximum absolute atomic E-state index is 12.1. The van der Waals surface area contributed by atoms with E-state index in [1.54, 1.807) is 19.0 Å². The van der Waals surface area contributed by atoms with Crippen LogP contribution in [0.25, 0.3) is 0 Å². The standard InChI is InChI=1S/C24H40N6O/c1-5-29-15-9-12-22(29)17-25-24(26-18-23(31)28(3)4)27-19(2)20-10-8-11-21(16-20)30-13-6-7-14-30/h8,10-11,16,19,22H,5-7,9,12-15,17-18H2,1-4H3,(H2,25,26,27). The molecule has 2 N–H and O–H groups in total. The van der Waals surface area contributed by atoms with Crippen molar-refractivity contribution < 1.29 is 4.79 Å². The van der Waals surface area contributed by atoms with Crippen molar-refractivity contribution >= 4 is 17.6 Å². The van der Waals surface area contributed by atoms with Crippen molar-refractivity contribution in [2.45, 2.75) is 51.6 Å². The minimum atomic E-state index is 0.000773. The summed E-state index contributed by atoms with van der Waals surface area (Å²) < 4.78 is 0. The fourth-order valence-electron chi connectivity index (χ4n) is 4.45. The first kappa shape index (κ1) is 23.4. The molecule has 172 valence electrons. The van der Waals surface area contributed by atoms with Gasteiger partial charge in [0.2, 0.25) is 5.91 Å². The first-order chi connectivity index (χ1) is 15.0. The number of guanidine groups is 1. The van der Waals surface area contributed by atoms with E-state index in [9.17, 15) is 4.79 Å². The Morgan fingerprint density at radius 2 is 2.00 bits per heavy atom. The molecule has 1 aromatic carbocycles. The van der Waals surface area contributed by atoms with Crippen LogP contribution in [-0.4, -0.2) is 81.1 Å². The van der Waals surface area contributed by atoms with E-state index in [2.05, 4.69) is 63.5 Å². The summed E-state index contributed by atoms with van der Waals surface area (Å²) >= 11 is 0. The second-order valence-corrected chi connectivity index (χ2v) is 8.91. The van der Waals surface area contributed by atoms with Crippen molar-refractivity contribution in [3.8, 4) is 0 Å². The summed E-state index contributed by atoms with van der Waals surface area (Å²) in [5.74, 6) is 0.707. The van der Waals surface area contributed by atoms with Gasteiger partial charge in [-0.1, -0.05) is 19.1 Å². The maximum atomic E-state index is 12.1. The van der Waals surface area contributed by atoms with Crippen molar-refractivity contribution in [3.63, 3.8) is 0 Å². The second-order valence-electron chi connectivity index (χ2n) is 8.91. The van der Waals surface area contributed by atoms with E-state index in [-0.39, 0.29) is 18.5 Å². The van der Waals surface area contributed by atoms with Crippen LogP contribution in [0.15, 0.2) is 29.3 Å². The number of nitrogens with one attached hydrogen (secondary N) is 2. The average Bonchev–Trinajstić information content (AvgIpc) is 3.47. The van der Waals surface area contributed by atoms with Crippen LogP contribution in [0.2, 0.25) is 0 Å². The quantitative estimate of drug-likeness (QED) is 0.492. The minimum Gasteiger partial charge on any atom is -0.372 e. The summed E-state index contributed by atoms with van der Waals surface area (Å²) in [5, 5.41) is 7.04. The molecule has 0 bridgehead atoms. The molecule has 1 amide bonds. The molecular formula is C24H40N6O. The molecule has 2 heterocycles. The highest BCUT2D eigenvalue weighted by atomic mass is 16.2. The Morgan fingerprint density at radius 3 is 2.71 bits per heavy atom. The summed E-state index contributed by atoms with van der Waals surface area (Å²) in [4.78, 5) is 23.3. The van der Waals surface area contributed by atoms with Crippen molar-refractivity contribution in [3.05, 3.63) is 29.8 Å². The summed E-state index contributed by atoms with van der Waals surface area (Å²) in [6, 6.07) is 9.39. The predicted octanol–water partition coefficient (Wildman–Crippen LogP) is 2.46. The van der Waals surface area contributed by atoms with Crippen LogP contribution < -0.4 is 15.5 Å². The van der Waals surface area contributed by atoms with Crippen LogP contribution in [-0.2, 0) is 4.79 Å². The van der Waals surface area contributed by atoms with Gasteiger partial charge in [0, 0.05) is 45.5 Å². The molecule has 2 aliphatic heterocycles. The van der Waals surface area contributed by atoms with E-state index >= 15 is 0 Å². The van der Waals surface area contributed by atoms with E-state index in [0.717, 1.165) is 26.2 Å². The van der Waals surface area contributed by atoms with Crippen molar-refractivity contribution in [2.24, 2.45) is 4.99 Å². The molecular weight excluding hydrogens is 388 g/mol. The minimum absolute atomic E-state index is 0.000773. The number of likely N-dealkylation sites (tertiary alicyclic amines) is 1. The maximum Gasteiger partial charge on any atom is 0.243 e. The summed E-state index contributed by atoms with van der Waals surface area (Å²) in [7, 11) is 3.53. The highest BCUT2D eigenvalue weighted by Gasteiger charge is 2.23. The Hall–Kier alpha value is -2.28. The molecule has 0 aromatic heterocycles. The lowest BCUT2D eigenvalue weighted by molar-refractivity contribution is -0.127. The number of carbonyl (C=O) groups is 1. The largest absolute Gasteiger partial charge is 0.372 e. The molecule has 2 aliphatic rings. The topological polar surface area (TPSA) is 63.2 Å². The molecule has 2 unspecified atom stereocenters. The Kier molecular flexibility index (Phi) is 8.58. The zero-order valence-electron chi connectivity index (χ0n) is 19.7. The number of hydrogen-bond donors (Lipinski definition) is 2. The van der Waals surface area contributed by atoms with Crippen LogP contribution in [0.1, 0.15) is 51.1 Å². The molecule has 2 saturated heterocycles. The second kappa shape index (κ2) is 11.4. The van der Waals surface area contributed by atoms with Crippen LogP contribution in [0, 0.1) is 0 Å². The molecule has 2 atom stereocenters. The van der Waals surface area contributed by atoms with Gasteiger partial charge in [-0.2, -0.15) is 0 Å². The number of likely N-dealkylation sites (N-methyl/N-ethyl adjacent to an activating group) is 2. The van der Waals surface area contributed by atoms with Crippen molar-refractivity contribution in [1.29, 1.82) is 0 Å². The molecule has 31 heavy (non-hydrogen) atoms. The van der Waals surface area contributed by atoms with Crippen LogP contribution in [0.3, 0.4) is 0 Å². The van der Waals surface area contributed by atoms with Crippen molar-refractivity contribution in [2.75, 3.05) is 58.3 Å². The van der Waals surface area contributed by atoms with Gasteiger partial charge in [-0.05, 0) is 63.4 Å². The van der Waals surface area contributed by atoms with Crippen LogP contribution in [0.5, 0.6) is 0 Å². The predicted molar refractivity (Wildman–Crippen MR) is 129 cm³/mol. The number of anilines is 1. The number of nitrogens with zero attached hydrogens (tertiary/aromatic N) is 4. The molecule has 7 nitrogen and oxygen atoms in total. The van der Waals surface area contributed by atoms with E-state index in [0.29, 0.717) is 12.0 Å². The monoisotopic (exact) mass is 428 g/mol. The molecule has 2 fully saturated rings. The van der Waals surface area contributed by atoms with E-state index in [1.807, 2.05) is 0 Å². The third-order valence-electron chi connectivity index (χ3n) is 6.48. The summed E-state index contributed by atoms with van der Waals surface area (Å²) in [6.45, 7) is 9.88. The molecule has 0 spiro atoms. The lowest BCUT2D eigenvalue weighted by Gasteiger charge is -2.26. The zero-order chi connectivity index (χ0) is 22.2. The smallest absolute Gasteiger partial charge is 0.243 e. The first-order valence-corrected chi connectivity index (χ1v) is 11.8. The van der Waals surface area contributed by atoms with Gasteiger partial charge in [0.15, 0.2) is 5.96 Å². The van der Waals surface area contributed by atoms with Gasteiger partial charge >= 0.3 is 0 Å². The third-order valence-corrected chi connectivity index (χ3v) is 6.48. The van der Waals surface area contributed by atoms with Crippen molar-refractivity contribution in [1.82, 2.24) is 20.4 Å². The van der Waals surface area contributed by atoms with Gasteiger partial charge in [0.25, 0.3) is 0 Å². The summed E-state index contributed by atoms with van der Waals surface area (Å²) in [6.07, 6.45) is 5.00. The fraction of sp³-hybridized carbons (Fsp3) is 0.667. The lowest BCUT2D eigenvalue weighted by Crippen LogP contribution is -2.46. The van der Waals surface area contributed by atoms with Gasteiger partial charge in [-0.3, -0.25) is 9.69 Å². The molecule has 1 aromatic rings. The van der Waals surface area contributed by atoms with E-state index < -0.39 is 0 Å². The normalized spacial score (nSPS) is 20.7. The highest BCUT2D eigenvalue weighted by molar-refractivity contribution is 5.85. The van der Waals surface area contributed by atoms with E-state index in [1.165, 1.54) is 43.5 Å². The molecule has 0 radical (unpaired) electrons. The zero-order valence-corrected chi connectivity index (χ0v) is 19.7. The van der Waals surface area contributed by atoms with Gasteiger partial charge in [0.05, 0.1) is 6.04 Å². The number of aliphatic imine (C=N–C) groups is 1. The van der Waals surface area contributed by atoms with Gasteiger partial charge in [0.1, 0.15) is 6.54 Å². The molecule has 0 aliphatic carbocycles. The number of rotatable bonds is 8. The Labute approximate surface area is 187 Å². The Bertz CT molecular complexity index is 743.